The zero-order chi connectivity index (χ0) is 10.3. The number of rotatable bonds is 2. The molecule has 2 nitrogen and oxygen atoms in total. The van der Waals surface area contributed by atoms with Gasteiger partial charge in [-0.2, -0.15) is 0 Å². The molecule has 2 atom stereocenters. The Morgan fingerprint density at radius 2 is 2.14 bits per heavy atom. The van der Waals surface area contributed by atoms with Gasteiger partial charge in [0.25, 0.3) is 0 Å². The second kappa shape index (κ2) is 3.44. The molecule has 1 N–H and O–H groups in total. The Bertz CT molecular complexity index is 390. The van der Waals surface area contributed by atoms with Gasteiger partial charge in [0.05, 0.1) is 5.92 Å². The summed E-state index contributed by atoms with van der Waals surface area (Å²) < 4.78 is 0. The van der Waals surface area contributed by atoms with Crippen molar-refractivity contribution in [2.45, 2.75) is 12.3 Å². The van der Waals surface area contributed by atoms with Crippen molar-refractivity contribution in [1.82, 2.24) is 0 Å². The van der Waals surface area contributed by atoms with E-state index in [1.807, 2.05) is 0 Å². The smallest absolute Gasteiger partial charge is 0.307 e. The first kappa shape index (κ1) is 9.81. The lowest BCUT2D eigenvalue weighted by molar-refractivity contribution is -0.138. The van der Waals surface area contributed by atoms with E-state index >= 15 is 0 Å². The summed E-state index contributed by atoms with van der Waals surface area (Å²) >= 11 is 11.7. The van der Waals surface area contributed by atoms with Gasteiger partial charge < -0.3 is 5.11 Å². The van der Waals surface area contributed by atoms with E-state index in [9.17, 15) is 4.79 Å². The number of aliphatic carboxylic acids is 1. The quantitative estimate of drug-likeness (QED) is 0.848. The minimum absolute atomic E-state index is 0.0669. The Hall–Kier alpha value is -0.730. The third-order valence-electron chi connectivity index (χ3n) is 2.47. The van der Waals surface area contributed by atoms with Gasteiger partial charge in [-0.05, 0) is 30.0 Å². The van der Waals surface area contributed by atoms with Crippen LogP contribution in [0.15, 0.2) is 18.2 Å². The molecule has 0 spiro atoms. The molecule has 14 heavy (non-hydrogen) atoms. The fourth-order valence-electron chi connectivity index (χ4n) is 1.61. The van der Waals surface area contributed by atoms with Crippen molar-refractivity contribution in [3.8, 4) is 0 Å². The highest BCUT2D eigenvalue weighted by Gasteiger charge is 2.44. The molecular weight excluding hydrogens is 223 g/mol. The molecule has 0 aromatic heterocycles. The van der Waals surface area contributed by atoms with Gasteiger partial charge in [0, 0.05) is 10.0 Å². The van der Waals surface area contributed by atoms with Gasteiger partial charge in [0.15, 0.2) is 0 Å². The molecule has 1 aromatic rings. The van der Waals surface area contributed by atoms with Crippen LogP contribution in [0.3, 0.4) is 0 Å². The van der Waals surface area contributed by atoms with Crippen LogP contribution in [0, 0.1) is 5.92 Å². The van der Waals surface area contributed by atoms with Gasteiger partial charge in [0.2, 0.25) is 0 Å². The molecule has 0 amide bonds. The number of carboxylic acid groups (broad SMARTS) is 1. The molecule has 2 rings (SSSR count). The van der Waals surface area contributed by atoms with Gasteiger partial charge >= 0.3 is 5.97 Å². The lowest BCUT2D eigenvalue weighted by atomic mass is 10.1. The highest BCUT2D eigenvalue weighted by Crippen LogP contribution is 2.49. The topological polar surface area (TPSA) is 37.3 Å². The lowest BCUT2D eigenvalue weighted by Gasteiger charge is -2.02. The Morgan fingerprint density at radius 1 is 1.43 bits per heavy atom. The molecular formula is C10H8Cl2O2. The van der Waals surface area contributed by atoms with Gasteiger partial charge in [-0.25, -0.2) is 0 Å². The summed E-state index contributed by atoms with van der Waals surface area (Å²) in [7, 11) is 0. The minimum atomic E-state index is -0.749. The molecule has 1 aliphatic rings. The zero-order valence-corrected chi connectivity index (χ0v) is 8.72. The van der Waals surface area contributed by atoms with Crippen molar-refractivity contribution in [2.24, 2.45) is 5.92 Å². The van der Waals surface area contributed by atoms with E-state index in [1.165, 1.54) is 0 Å². The average Bonchev–Trinajstić information content (AvgIpc) is 2.83. The Kier molecular flexibility index (Phi) is 2.41. The molecule has 1 saturated carbocycles. The standard InChI is InChI=1S/C10H8Cl2O2/c11-5-1-2-6(9(12)3-5)7-4-8(7)10(13)14/h1-3,7-8H,4H2,(H,13,14)/t7-,8-/m1/s1. The summed E-state index contributed by atoms with van der Waals surface area (Å²) in [6.07, 6.45) is 0.677. The molecule has 74 valence electrons. The maximum Gasteiger partial charge on any atom is 0.307 e. The predicted molar refractivity (Wildman–Crippen MR) is 54.9 cm³/mol. The first-order valence-electron chi connectivity index (χ1n) is 4.27. The number of hydrogen-bond donors (Lipinski definition) is 1. The van der Waals surface area contributed by atoms with E-state index in [-0.39, 0.29) is 11.8 Å². The van der Waals surface area contributed by atoms with E-state index in [0.29, 0.717) is 16.5 Å². The third kappa shape index (κ3) is 1.72. The summed E-state index contributed by atoms with van der Waals surface area (Å²) in [5.41, 5.74) is 0.892. The van der Waals surface area contributed by atoms with Crippen LogP contribution in [0.2, 0.25) is 10.0 Å². The van der Waals surface area contributed by atoms with Crippen LogP contribution in [0.5, 0.6) is 0 Å². The second-order valence-corrected chi connectivity index (χ2v) is 4.30. The zero-order valence-electron chi connectivity index (χ0n) is 7.21. The van der Waals surface area contributed by atoms with Crippen molar-refractivity contribution in [2.75, 3.05) is 0 Å². The van der Waals surface area contributed by atoms with Crippen molar-refractivity contribution >= 4 is 29.2 Å². The van der Waals surface area contributed by atoms with E-state index in [4.69, 9.17) is 28.3 Å². The number of carbonyl (C=O) groups is 1. The highest BCUT2D eigenvalue weighted by atomic mass is 35.5. The molecule has 0 aliphatic heterocycles. The van der Waals surface area contributed by atoms with Gasteiger partial charge in [-0.1, -0.05) is 29.3 Å². The molecule has 0 saturated heterocycles. The van der Waals surface area contributed by atoms with Crippen LogP contribution < -0.4 is 0 Å². The molecule has 0 heterocycles. The summed E-state index contributed by atoms with van der Waals surface area (Å²) in [5, 5.41) is 9.90. The Morgan fingerprint density at radius 3 is 2.64 bits per heavy atom. The molecule has 1 aliphatic carbocycles. The van der Waals surface area contributed by atoms with Crippen molar-refractivity contribution in [3.05, 3.63) is 33.8 Å². The summed E-state index contributed by atoms with van der Waals surface area (Å²) in [6.45, 7) is 0. The third-order valence-corrected chi connectivity index (χ3v) is 3.03. The van der Waals surface area contributed by atoms with Gasteiger partial charge in [-0.3, -0.25) is 4.79 Å². The maximum absolute atomic E-state index is 10.7. The van der Waals surface area contributed by atoms with Gasteiger partial charge in [-0.15, -0.1) is 0 Å². The molecule has 0 bridgehead atoms. The first-order chi connectivity index (χ1) is 6.59. The van der Waals surface area contributed by atoms with E-state index in [2.05, 4.69) is 0 Å². The molecule has 1 fully saturated rings. The fourth-order valence-corrected chi connectivity index (χ4v) is 2.16. The van der Waals surface area contributed by atoms with Crippen molar-refractivity contribution in [3.63, 3.8) is 0 Å². The summed E-state index contributed by atoms with van der Waals surface area (Å²) in [5.74, 6) is -0.952. The van der Waals surface area contributed by atoms with Crippen LogP contribution >= 0.6 is 23.2 Å². The molecule has 1 aromatic carbocycles. The largest absolute Gasteiger partial charge is 0.481 e. The molecule has 4 heteroatoms. The van der Waals surface area contributed by atoms with Crippen LogP contribution in [0.25, 0.3) is 0 Å². The lowest BCUT2D eigenvalue weighted by Crippen LogP contribution is -1.99. The highest BCUT2D eigenvalue weighted by molar-refractivity contribution is 6.35. The Balaban J connectivity index is 2.23. The van der Waals surface area contributed by atoms with E-state index in [0.717, 1.165) is 5.56 Å². The van der Waals surface area contributed by atoms with E-state index in [1.54, 1.807) is 18.2 Å². The predicted octanol–water partition coefficient (Wildman–Crippen LogP) is 3.18. The van der Waals surface area contributed by atoms with Crippen LogP contribution in [-0.2, 0) is 4.79 Å². The van der Waals surface area contributed by atoms with Crippen LogP contribution in [0.1, 0.15) is 17.9 Å². The van der Waals surface area contributed by atoms with Crippen molar-refractivity contribution in [1.29, 1.82) is 0 Å². The number of hydrogen-bond acceptors (Lipinski definition) is 1. The van der Waals surface area contributed by atoms with Crippen molar-refractivity contribution < 1.29 is 9.90 Å². The van der Waals surface area contributed by atoms with E-state index < -0.39 is 5.97 Å². The monoisotopic (exact) mass is 230 g/mol. The normalized spacial score (nSPS) is 24.7. The Labute approximate surface area is 91.4 Å². The SMILES string of the molecule is O=C(O)[C@@H]1C[C@@H]1c1ccc(Cl)cc1Cl. The minimum Gasteiger partial charge on any atom is -0.481 e. The number of benzene rings is 1. The maximum atomic E-state index is 10.7. The number of halogens is 2. The second-order valence-electron chi connectivity index (χ2n) is 3.45. The first-order valence-corrected chi connectivity index (χ1v) is 5.03. The molecule has 0 unspecified atom stereocenters. The summed E-state index contributed by atoms with van der Waals surface area (Å²) in [6, 6.07) is 5.19. The van der Waals surface area contributed by atoms with Crippen LogP contribution in [0.4, 0.5) is 0 Å². The number of carboxylic acids is 1. The average molecular weight is 231 g/mol. The fraction of sp³-hybridized carbons (Fsp3) is 0.300. The van der Waals surface area contributed by atoms with Crippen LogP contribution in [-0.4, -0.2) is 11.1 Å². The molecule has 0 radical (unpaired) electrons. The summed E-state index contributed by atoms with van der Waals surface area (Å²) in [4.78, 5) is 10.7. The van der Waals surface area contributed by atoms with Gasteiger partial charge in [0.1, 0.15) is 0 Å².